The Hall–Kier alpha value is -3.53. The third-order valence-corrected chi connectivity index (χ3v) is 4.29. The Morgan fingerprint density at radius 1 is 0.846 bits per heavy atom. The summed E-state index contributed by atoms with van der Waals surface area (Å²) in [6, 6.07) is 24.7. The normalized spacial score (nSPS) is 12.0. The first-order valence-electron chi connectivity index (χ1n) is 8.33. The van der Waals surface area contributed by atoms with E-state index in [-0.39, 0.29) is 0 Å². The molecule has 0 radical (unpaired) electrons. The van der Waals surface area contributed by atoms with Crippen molar-refractivity contribution in [2.45, 2.75) is 6.10 Å². The van der Waals surface area contributed by atoms with Gasteiger partial charge in [-0.1, -0.05) is 48.5 Å². The maximum atomic E-state index is 11.9. The summed E-state index contributed by atoms with van der Waals surface area (Å²) >= 11 is 0. The molecule has 0 aliphatic carbocycles. The molecular weight excluding hydrogens is 326 g/mol. The highest BCUT2D eigenvalue weighted by atomic mass is 16.5. The number of ether oxygens (including phenoxy) is 1. The van der Waals surface area contributed by atoms with E-state index in [2.05, 4.69) is 0 Å². The number of hydrogen-bond donors (Lipinski definition) is 1. The molecule has 0 aliphatic heterocycles. The van der Waals surface area contributed by atoms with E-state index < -0.39 is 12.1 Å². The predicted octanol–water partition coefficient (Wildman–Crippen LogP) is 4.84. The van der Waals surface area contributed by atoms with Gasteiger partial charge in [-0.15, -0.1) is 0 Å². The third kappa shape index (κ3) is 3.05. The van der Waals surface area contributed by atoms with Crippen molar-refractivity contribution in [2.75, 3.05) is 0 Å². The van der Waals surface area contributed by atoms with Gasteiger partial charge in [0.2, 0.25) is 6.10 Å². The summed E-state index contributed by atoms with van der Waals surface area (Å²) < 4.78 is 7.84. The number of nitrogens with zero attached hydrogens (tertiary/aromatic N) is 1. The lowest BCUT2D eigenvalue weighted by molar-refractivity contribution is -0.145. The van der Waals surface area contributed by atoms with Gasteiger partial charge in [-0.05, 0) is 41.1 Å². The van der Waals surface area contributed by atoms with Crippen molar-refractivity contribution in [3.63, 3.8) is 0 Å². The van der Waals surface area contributed by atoms with Crippen molar-refractivity contribution in [1.82, 2.24) is 4.57 Å². The molecule has 0 spiro atoms. The Labute approximate surface area is 150 Å². The number of aromatic nitrogens is 1. The second-order valence-corrected chi connectivity index (χ2v) is 6.00. The topological polar surface area (TPSA) is 51.5 Å². The molecule has 1 heterocycles. The van der Waals surface area contributed by atoms with Gasteiger partial charge in [-0.25, -0.2) is 4.79 Å². The quantitative estimate of drug-likeness (QED) is 0.564. The Balaban J connectivity index is 1.73. The molecule has 0 fully saturated rings. The number of benzene rings is 3. The molecule has 0 saturated carbocycles. The maximum Gasteiger partial charge on any atom is 0.349 e. The fraction of sp³-hybridized carbons (Fsp3) is 0.0455. The van der Waals surface area contributed by atoms with Gasteiger partial charge in [0.15, 0.2) is 0 Å². The van der Waals surface area contributed by atoms with Crippen molar-refractivity contribution in [2.24, 2.45) is 0 Å². The van der Waals surface area contributed by atoms with Crippen LogP contribution in [-0.4, -0.2) is 15.6 Å². The summed E-state index contributed by atoms with van der Waals surface area (Å²) in [6.07, 6.45) is 2.71. The SMILES string of the molecule is O=C(O)C(Oc1ccccc1-n1cccc1)c1ccc2ccccc2c1. The molecule has 1 N–H and O–H groups in total. The van der Waals surface area contributed by atoms with Gasteiger partial charge in [0.05, 0.1) is 5.69 Å². The van der Waals surface area contributed by atoms with E-state index in [1.807, 2.05) is 83.7 Å². The van der Waals surface area contributed by atoms with Crippen LogP contribution < -0.4 is 4.74 Å². The Morgan fingerprint density at radius 2 is 1.54 bits per heavy atom. The van der Waals surface area contributed by atoms with E-state index in [1.54, 1.807) is 12.1 Å². The third-order valence-electron chi connectivity index (χ3n) is 4.29. The van der Waals surface area contributed by atoms with Gasteiger partial charge in [0.1, 0.15) is 5.75 Å². The van der Waals surface area contributed by atoms with Crippen LogP contribution in [0.4, 0.5) is 0 Å². The van der Waals surface area contributed by atoms with Gasteiger partial charge >= 0.3 is 5.97 Å². The number of aliphatic carboxylic acids is 1. The summed E-state index contributed by atoms with van der Waals surface area (Å²) in [4.78, 5) is 11.9. The Bertz CT molecular complexity index is 1050. The van der Waals surface area contributed by atoms with Crippen molar-refractivity contribution < 1.29 is 14.6 Å². The zero-order valence-corrected chi connectivity index (χ0v) is 13.9. The maximum absolute atomic E-state index is 11.9. The van der Waals surface area contributed by atoms with Gasteiger partial charge in [-0.3, -0.25) is 0 Å². The summed E-state index contributed by atoms with van der Waals surface area (Å²) in [7, 11) is 0. The zero-order chi connectivity index (χ0) is 17.9. The summed E-state index contributed by atoms with van der Waals surface area (Å²) in [5.74, 6) is -0.508. The molecule has 3 aromatic carbocycles. The molecule has 26 heavy (non-hydrogen) atoms. The van der Waals surface area contributed by atoms with Crippen molar-refractivity contribution in [3.05, 3.63) is 96.8 Å². The molecule has 4 rings (SSSR count). The summed E-state index contributed by atoms with van der Waals surface area (Å²) in [5, 5.41) is 11.8. The van der Waals surface area contributed by atoms with Crippen molar-refractivity contribution in [1.29, 1.82) is 0 Å². The summed E-state index contributed by atoms with van der Waals surface area (Å²) in [6.45, 7) is 0. The second kappa shape index (κ2) is 6.76. The largest absolute Gasteiger partial charge is 0.478 e. The minimum Gasteiger partial charge on any atom is -0.478 e. The lowest BCUT2D eigenvalue weighted by Crippen LogP contribution is -2.19. The molecule has 1 atom stereocenters. The molecule has 0 bridgehead atoms. The molecule has 4 nitrogen and oxygen atoms in total. The van der Waals surface area contributed by atoms with E-state index in [0.29, 0.717) is 11.3 Å². The van der Waals surface area contributed by atoms with Gasteiger partial charge < -0.3 is 14.4 Å². The lowest BCUT2D eigenvalue weighted by Gasteiger charge is -2.19. The number of carboxylic acid groups (broad SMARTS) is 1. The van der Waals surface area contributed by atoms with E-state index in [4.69, 9.17) is 4.74 Å². The molecule has 4 aromatic rings. The number of carbonyl (C=O) groups is 1. The number of rotatable bonds is 5. The molecular formula is C22H17NO3. The van der Waals surface area contributed by atoms with Crippen LogP contribution in [0.1, 0.15) is 11.7 Å². The van der Waals surface area contributed by atoms with Gasteiger partial charge in [0.25, 0.3) is 0 Å². The monoisotopic (exact) mass is 343 g/mol. The molecule has 1 aromatic heterocycles. The second-order valence-electron chi connectivity index (χ2n) is 6.00. The number of fused-ring (bicyclic) bond motifs is 1. The van der Waals surface area contributed by atoms with Crippen LogP contribution >= 0.6 is 0 Å². The van der Waals surface area contributed by atoms with Gasteiger partial charge in [-0.2, -0.15) is 0 Å². The van der Waals surface area contributed by atoms with Crippen molar-refractivity contribution >= 4 is 16.7 Å². The fourth-order valence-electron chi connectivity index (χ4n) is 3.02. The van der Waals surface area contributed by atoms with E-state index in [9.17, 15) is 9.90 Å². The van der Waals surface area contributed by atoms with Crippen LogP contribution in [0.2, 0.25) is 0 Å². The Kier molecular flexibility index (Phi) is 4.15. The molecule has 128 valence electrons. The lowest BCUT2D eigenvalue weighted by atomic mass is 10.0. The molecule has 4 heteroatoms. The fourth-order valence-corrected chi connectivity index (χ4v) is 3.02. The first-order chi connectivity index (χ1) is 12.7. The molecule has 1 unspecified atom stereocenters. The highest BCUT2D eigenvalue weighted by Gasteiger charge is 2.23. The highest BCUT2D eigenvalue weighted by molar-refractivity contribution is 5.85. The predicted molar refractivity (Wildman–Crippen MR) is 101 cm³/mol. The van der Waals surface area contributed by atoms with Crippen LogP contribution in [0.25, 0.3) is 16.5 Å². The minimum atomic E-state index is -1.09. The molecule has 0 aliphatic rings. The summed E-state index contributed by atoms with van der Waals surface area (Å²) in [5.41, 5.74) is 1.41. The van der Waals surface area contributed by atoms with Gasteiger partial charge in [0, 0.05) is 18.0 Å². The van der Waals surface area contributed by atoms with Crippen LogP contribution in [0.5, 0.6) is 5.75 Å². The number of para-hydroxylation sites is 2. The first kappa shape index (κ1) is 16.0. The standard InChI is InChI=1S/C22H17NO3/c24-22(25)21(18-12-11-16-7-1-2-8-17(16)15-18)26-20-10-4-3-9-19(20)23-13-5-6-14-23/h1-15,21H,(H,24,25). The molecule has 0 amide bonds. The molecule has 0 saturated heterocycles. The average molecular weight is 343 g/mol. The Morgan fingerprint density at radius 3 is 2.31 bits per heavy atom. The minimum absolute atomic E-state index is 0.518. The van der Waals surface area contributed by atoms with E-state index >= 15 is 0 Å². The van der Waals surface area contributed by atoms with E-state index in [0.717, 1.165) is 16.5 Å². The zero-order valence-electron chi connectivity index (χ0n) is 13.9. The van der Waals surface area contributed by atoms with Crippen LogP contribution in [0.3, 0.4) is 0 Å². The van der Waals surface area contributed by atoms with Crippen LogP contribution in [0, 0.1) is 0 Å². The first-order valence-corrected chi connectivity index (χ1v) is 8.33. The van der Waals surface area contributed by atoms with Crippen molar-refractivity contribution in [3.8, 4) is 11.4 Å². The van der Waals surface area contributed by atoms with Crippen LogP contribution in [-0.2, 0) is 4.79 Å². The number of hydrogen-bond acceptors (Lipinski definition) is 2. The average Bonchev–Trinajstić information content (AvgIpc) is 3.20. The smallest absolute Gasteiger partial charge is 0.349 e. The highest BCUT2D eigenvalue weighted by Crippen LogP contribution is 2.29. The van der Waals surface area contributed by atoms with E-state index in [1.165, 1.54) is 0 Å². The van der Waals surface area contributed by atoms with Crippen LogP contribution in [0.15, 0.2) is 91.3 Å². The number of carboxylic acids is 1.